The third-order valence-electron chi connectivity index (χ3n) is 2.53. The van der Waals surface area contributed by atoms with Gasteiger partial charge in [0.05, 0.1) is 5.52 Å². The number of hydrogen-bond donors (Lipinski definition) is 1. The second kappa shape index (κ2) is 2.74. The molecule has 0 unspecified atom stereocenters. The highest BCUT2D eigenvalue weighted by molar-refractivity contribution is 6.32. The van der Waals surface area contributed by atoms with Crippen LogP contribution in [0, 0.1) is 20.8 Å². The number of fused-ring (bicyclic) bond motifs is 1. The maximum atomic E-state index is 6.05. The Hall–Kier alpha value is -1.02. The first-order valence-electron chi connectivity index (χ1n) is 4.21. The fourth-order valence-corrected chi connectivity index (χ4v) is 1.87. The molecule has 2 aromatic rings. The highest BCUT2D eigenvalue weighted by atomic mass is 35.5. The number of hydrogen-bond acceptors (Lipinski definition) is 1. The van der Waals surface area contributed by atoms with Crippen LogP contribution in [-0.4, -0.2) is 10.2 Å². The van der Waals surface area contributed by atoms with Gasteiger partial charge in [0.1, 0.15) is 0 Å². The first-order chi connectivity index (χ1) is 6.11. The highest BCUT2D eigenvalue weighted by Crippen LogP contribution is 2.28. The summed E-state index contributed by atoms with van der Waals surface area (Å²) < 4.78 is 0. The second-order valence-corrected chi connectivity index (χ2v) is 3.76. The van der Waals surface area contributed by atoms with Crippen molar-refractivity contribution in [2.24, 2.45) is 0 Å². The monoisotopic (exact) mass is 194 g/mol. The minimum Gasteiger partial charge on any atom is -0.282 e. The van der Waals surface area contributed by atoms with Crippen LogP contribution in [0.4, 0.5) is 0 Å². The molecular formula is C10H11ClN2. The SMILES string of the molecule is Cc1c(Cl)cc2n[nH]c(C)c2c1C. The molecule has 0 saturated carbocycles. The van der Waals surface area contributed by atoms with E-state index in [1.165, 1.54) is 10.9 Å². The predicted molar refractivity (Wildman–Crippen MR) is 55.3 cm³/mol. The molecular weight excluding hydrogens is 184 g/mol. The summed E-state index contributed by atoms with van der Waals surface area (Å²) in [5.74, 6) is 0. The summed E-state index contributed by atoms with van der Waals surface area (Å²) in [5.41, 5.74) is 4.41. The molecule has 0 radical (unpaired) electrons. The summed E-state index contributed by atoms with van der Waals surface area (Å²) in [7, 11) is 0. The minimum absolute atomic E-state index is 0.788. The van der Waals surface area contributed by atoms with Gasteiger partial charge >= 0.3 is 0 Å². The molecule has 13 heavy (non-hydrogen) atoms. The zero-order chi connectivity index (χ0) is 9.59. The molecule has 0 aliphatic rings. The Labute approximate surface area is 81.9 Å². The van der Waals surface area contributed by atoms with Gasteiger partial charge in [-0.15, -0.1) is 0 Å². The van der Waals surface area contributed by atoms with Gasteiger partial charge in [-0.05, 0) is 38.0 Å². The normalized spacial score (nSPS) is 11.1. The van der Waals surface area contributed by atoms with Gasteiger partial charge in [-0.3, -0.25) is 5.10 Å². The van der Waals surface area contributed by atoms with Crippen LogP contribution in [0.25, 0.3) is 10.9 Å². The third-order valence-corrected chi connectivity index (χ3v) is 2.93. The Bertz CT molecular complexity index is 471. The lowest BCUT2D eigenvalue weighted by Crippen LogP contribution is -1.84. The first kappa shape index (κ1) is 8.57. The number of aryl methyl sites for hydroxylation is 2. The largest absolute Gasteiger partial charge is 0.282 e. The number of rotatable bonds is 0. The van der Waals surface area contributed by atoms with Gasteiger partial charge in [-0.25, -0.2) is 0 Å². The Morgan fingerprint density at radius 1 is 1.23 bits per heavy atom. The molecule has 0 saturated heterocycles. The fourth-order valence-electron chi connectivity index (χ4n) is 1.62. The fraction of sp³-hybridized carbons (Fsp3) is 0.300. The van der Waals surface area contributed by atoms with Crippen molar-refractivity contribution in [2.75, 3.05) is 0 Å². The van der Waals surface area contributed by atoms with Crippen LogP contribution in [0.5, 0.6) is 0 Å². The molecule has 0 bridgehead atoms. The van der Waals surface area contributed by atoms with E-state index in [1.54, 1.807) is 0 Å². The van der Waals surface area contributed by atoms with Gasteiger partial charge in [0, 0.05) is 16.1 Å². The number of aromatic nitrogens is 2. The summed E-state index contributed by atoms with van der Waals surface area (Å²) in [4.78, 5) is 0. The molecule has 1 aromatic heterocycles. The van der Waals surface area contributed by atoms with Gasteiger partial charge in [0.2, 0.25) is 0 Å². The smallest absolute Gasteiger partial charge is 0.0941 e. The lowest BCUT2D eigenvalue weighted by molar-refractivity contribution is 1.07. The molecule has 1 aromatic carbocycles. The van der Waals surface area contributed by atoms with E-state index in [4.69, 9.17) is 11.6 Å². The summed E-state index contributed by atoms with van der Waals surface area (Å²) >= 11 is 6.05. The topological polar surface area (TPSA) is 28.7 Å². The third kappa shape index (κ3) is 1.13. The molecule has 0 atom stereocenters. The zero-order valence-electron chi connectivity index (χ0n) is 7.90. The molecule has 0 aliphatic carbocycles. The van der Waals surface area contributed by atoms with Crippen molar-refractivity contribution in [3.8, 4) is 0 Å². The molecule has 2 nitrogen and oxygen atoms in total. The lowest BCUT2D eigenvalue weighted by atomic mass is 10.0. The number of nitrogens with zero attached hydrogens (tertiary/aromatic N) is 1. The van der Waals surface area contributed by atoms with Crippen molar-refractivity contribution in [3.05, 3.63) is 27.9 Å². The number of halogens is 1. The Kier molecular flexibility index (Phi) is 1.81. The van der Waals surface area contributed by atoms with Crippen LogP contribution in [0.3, 0.4) is 0 Å². The molecule has 3 heteroatoms. The van der Waals surface area contributed by atoms with Crippen LogP contribution in [0.2, 0.25) is 5.02 Å². The predicted octanol–water partition coefficient (Wildman–Crippen LogP) is 3.14. The number of aromatic amines is 1. The van der Waals surface area contributed by atoms with Crippen molar-refractivity contribution < 1.29 is 0 Å². The van der Waals surface area contributed by atoms with Gasteiger partial charge < -0.3 is 0 Å². The quantitative estimate of drug-likeness (QED) is 0.686. The maximum Gasteiger partial charge on any atom is 0.0941 e. The van der Waals surface area contributed by atoms with Gasteiger partial charge in [0.25, 0.3) is 0 Å². The molecule has 2 rings (SSSR count). The number of benzene rings is 1. The Balaban J connectivity index is 2.97. The summed E-state index contributed by atoms with van der Waals surface area (Å²) in [6.07, 6.45) is 0. The average molecular weight is 195 g/mol. The van der Waals surface area contributed by atoms with Gasteiger partial charge in [0.15, 0.2) is 0 Å². The van der Waals surface area contributed by atoms with E-state index in [9.17, 15) is 0 Å². The molecule has 68 valence electrons. The van der Waals surface area contributed by atoms with E-state index in [-0.39, 0.29) is 0 Å². The van der Waals surface area contributed by atoms with E-state index < -0.39 is 0 Å². The molecule has 0 amide bonds. The second-order valence-electron chi connectivity index (χ2n) is 3.35. The van der Waals surface area contributed by atoms with E-state index in [0.717, 1.165) is 21.8 Å². The van der Waals surface area contributed by atoms with Crippen LogP contribution in [0.1, 0.15) is 16.8 Å². The van der Waals surface area contributed by atoms with Crippen LogP contribution >= 0.6 is 11.6 Å². The number of nitrogens with one attached hydrogen (secondary N) is 1. The number of H-pyrrole nitrogens is 1. The van der Waals surface area contributed by atoms with Gasteiger partial charge in [-0.2, -0.15) is 5.10 Å². The Morgan fingerprint density at radius 3 is 2.62 bits per heavy atom. The molecule has 1 N–H and O–H groups in total. The van der Waals surface area contributed by atoms with Crippen molar-refractivity contribution in [1.82, 2.24) is 10.2 Å². The summed E-state index contributed by atoms with van der Waals surface area (Å²) in [6.45, 7) is 6.13. The molecule has 0 spiro atoms. The van der Waals surface area contributed by atoms with Gasteiger partial charge in [-0.1, -0.05) is 11.6 Å². The summed E-state index contributed by atoms with van der Waals surface area (Å²) in [5, 5.41) is 9.12. The van der Waals surface area contributed by atoms with Crippen molar-refractivity contribution in [1.29, 1.82) is 0 Å². The minimum atomic E-state index is 0.788. The maximum absolute atomic E-state index is 6.05. The van der Waals surface area contributed by atoms with E-state index >= 15 is 0 Å². The van der Waals surface area contributed by atoms with Crippen LogP contribution in [0.15, 0.2) is 6.07 Å². The van der Waals surface area contributed by atoms with Crippen LogP contribution in [-0.2, 0) is 0 Å². The van der Waals surface area contributed by atoms with Crippen molar-refractivity contribution >= 4 is 22.5 Å². The first-order valence-corrected chi connectivity index (χ1v) is 4.59. The zero-order valence-corrected chi connectivity index (χ0v) is 8.66. The average Bonchev–Trinajstić information content (AvgIpc) is 2.43. The van der Waals surface area contributed by atoms with Crippen LogP contribution < -0.4 is 0 Å². The van der Waals surface area contributed by atoms with E-state index in [2.05, 4.69) is 17.1 Å². The van der Waals surface area contributed by atoms with E-state index in [1.807, 2.05) is 19.9 Å². The lowest BCUT2D eigenvalue weighted by Gasteiger charge is -2.03. The van der Waals surface area contributed by atoms with Crippen molar-refractivity contribution in [2.45, 2.75) is 20.8 Å². The highest BCUT2D eigenvalue weighted by Gasteiger charge is 2.09. The molecule has 0 aliphatic heterocycles. The Morgan fingerprint density at radius 2 is 1.92 bits per heavy atom. The van der Waals surface area contributed by atoms with Crippen molar-refractivity contribution in [3.63, 3.8) is 0 Å². The standard InChI is InChI=1S/C10H11ClN2/c1-5-6(2)10-7(3)12-13-9(10)4-8(5)11/h4H,1-3H3,(H,12,13). The summed E-state index contributed by atoms with van der Waals surface area (Å²) in [6, 6.07) is 1.91. The van der Waals surface area contributed by atoms with E-state index in [0.29, 0.717) is 0 Å². The molecule has 0 fully saturated rings. The molecule has 1 heterocycles.